The molecule has 0 aliphatic carbocycles. The number of nitriles is 1. The Kier molecular flexibility index (Phi) is 12.8. The minimum Gasteiger partial charge on any atom is -0.850 e. The molecular weight excluding hydrogens is 233 g/mol. The third-order valence-electron chi connectivity index (χ3n) is 1.40. The fraction of sp³-hybridized carbons (Fsp3) is 0.727. The summed E-state index contributed by atoms with van der Waals surface area (Å²) in [5.41, 5.74) is 0.580. The number of nitrogens with zero attached hydrogens (tertiary/aromatic N) is 1. The molecule has 15 heavy (non-hydrogen) atoms. The molecule has 0 aromatic heterocycles. The normalized spacial score (nSPS) is 15.3. The SMILES string of the molecule is CC(C)(C)[O-].N#CC=C1CCSCC1.[K+]. The summed E-state index contributed by atoms with van der Waals surface area (Å²) in [5.74, 6) is 2.40. The Bertz CT molecular complexity index is 214. The maximum Gasteiger partial charge on any atom is 1.00 e. The molecule has 0 atom stereocenters. The van der Waals surface area contributed by atoms with E-state index in [0.717, 1.165) is 12.8 Å². The van der Waals surface area contributed by atoms with Gasteiger partial charge >= 0.3 is 51.4 Å². The van der Waals surface area contributed by atoms with E-state index in [2.05, 4.69) is 6.07 Å². The molecule has 0 amide bonds. The molecule has 0 N–H and O–H groups in total. The first kappa shape index (κ1) is 18.5. The second-order valence-electron chi connectivity index (χ2n) is 4.16. The predicted octanol–water partition coefficient (Wildman–Crippen LogP) is -0.887. The van der Waals surface area contributed by atoms with Crippen LogP contribution in [-0.2, 0) is 0 Å². The molecule has 0 unspecified atom stereocenters. The van der Waals surface area contributed by atoms with Gasteiger partial charge in [-0.3, -0.25) is 0 Å². The number of hydrogen-bond donors (Lipinski definition) is 0. The van der Waals surface area contributed by atoms with Gasteiger partial charge in [-0.05, 0) is 24.3 Å². The molecule has 1 fully saturated rings. The molecule has 1 saturated heterocycles. The van der Waals surface area contributed by atoms with E-state index in [-0.39, 0.29) is 51.4 Å². The third kappa shape index (κ3) is 17.8. The van der Waals surface area contributed by atoms with E-state index in [1.807, 2.05) is 11.8 Å². The van der Waals surface area contributed by atoms with Gasteiger partial charge in [-0.1, -0.05) is 26.3 Å². The van der Waals surface area contributed by atoms with Crippen molar-refractivity contribution >= 4 is 11.8 Å². The van der Waals surface area contributed by atoms with Crippen molar-refractivity contribution in [2.75, 3.05) is 11.5 Å². The van der Waals surface area contributed by atoms with E-state index in [0.29, 0.717) is 0 Å². The van der Waals surface area contributed by atoms with Gasteiger partial charge in [-0.25, -0.2) is 0 Å². The second-order valence-corrected chi connectivity index (χ2v) is 5.38. The van der Waals surface area contributed by atoms with Gasteiger partial charge in [0.15, 0.2) is 0 Å². The van der Waals surface area contributed by atoms with E-state index in [1.54, 1.807) is 26.8 Å². The summed E-state index contributed by atoms with van der Waals surface area (Å²) in [6, 6.07) is 2.07. The van der Waals surface area contributed by atoms with Crippen LogP contribution in [0.2, 0.25) is 0 Å². The quantitative estimate of drug-likeness (QED) is 0.415. The Balaban J connectivity index is 0. The Morgan fingerprint density at radius 2 is 1.73 bits per heavy atom. The van der Waals surface area contributed by atoms with Crippen molar-refractivity contribution < 1.29 is 56.5 Å². The van der Waals surface area contributed by atoms with Crippen LogP contribution in [0.15, 0.2) is 11.6 Å². The zero-order valence-electron chi connectivity index (χ0n) is 10.2. The fourth-order valence-corrected chi connectivity index (χ4v) is 1.89. The maximum absolute atomic E-state index is 10.1. The summed E-state index contributed by atoms with van der Waals surface area (Å²) in [6.45, 7) is 4.90. The molecule has 1 aliphatic heterocycles. The van der Waals surface area contributed by atoms with Crippen LogP contribution in [-0.4, -0.2) is 17.1 Å². The monoisotopic (exact) mass is 251 g/mol. The first-order chi connectivity index (χ1) is 6.43. The first-order valence-corrected chi connectivity index (χ1v) is 5.94. The number of rotatable bonds is 0. The predicted molar refractivity (Wildman–Crippen MR) is 60.0 cm³/mol. The van der Waals surface area contributed by atoms with Crippen LogP contribution in [0.5, 0.6) is 0 Å². The van der Waals surface area contributed by atoms with Gasteiger partial charge in [0.05, 0.1) is 6.07 Å². The molecule has 1 heterocycles. The van der Waals surface area contributed by atoms with Crippen LogP contribution in [0.25, 0.3) is 0 Å². The van der Waals surface area contributed by atoms with Crippen LogP contribution in [0, 0.1) is 11.3 Å². The smallest absolute Gasteiger partial charge is 0.850 e. The van der Waals surface area contributed by atoms with Gasteiger partial charge in [-0.15, -0.1) is 5.60 Å². The Morgan fingerprint density at radius 1 is 1.33 bits per heavy atom. The summed E-state index contributed by atoms with van der Waals surface area (Å²) in [5, 5.41) is 18.4. The van der Waals surface area contributed by atoms with Gasteiger partial charge < -0.3 is 5.11 Å². The molecule has 1 aliphatic rings. The van der Waals surface area contributed by atoms with E-state index in [9.17, 15) is 5.11 Å². The van der Waals surface area contributed by atoms with Crippen molar-refractivity contribution in [3.63, 3.8) is 0 Å². The topological polar surface area (TPSA) is 46.8 Å². The molecule has 0 radical (unpaired) electrons. The molecule has 2 nitrogen and oxygen atoms in total. The van der Waals surface area contributed by atoms with Crippen molar-refractivity contribution in [1.29, 1.82) is 5.26 Å². The summed E-state index contributed by atoms with van der Waals surface area (Å²) >= 11 is 1.97. The Labute approximate surface area is 140 Å². The minimum atomic E-state index is -0.750. The minimum absolute atomic E-state index is 0. The van der Waals surface area contributed by atoms with Crippen molar-refractivity contribution in [2.24, 2.45) is 0 Å². The summed E-state index contributed by atoms with van der Waals surface area (Å²) in [7, 11) is 0. The Hall–Kier alpha value is 1.18. The van der Waals surface area contributed by atoms with E-state index in [1.165, 1.54) is 17.1 Å². The number of hydrogen-bond acceptors (Lipinski definition) is 3. The van der Waals surface area contributed by atoms with Crippen LogP contribution in [0.3, 0.4) is 0 Å². The molecule has 0 aromatic rings. The van der Waals surface area contributed by atoms with Crippen LogP contribution in [0.4, 0.5) is 0 Å². The standard InChI is InChI=1S/C7H9NS.C4H9O.K/c8-4-1-7-2-5-9-6-3-7;1-4(2,3)5;/h1H,2-3,5-6H2;1-3H3;/q;-1;+1. The van der Waals surface area contributed by atoms with Crippen molar-refractivity contribution in [2.45, 2.75) is 39.2 Å². The zero-order chi connectivity index (χ0) is 11.0. The van der Waals surface area contributed by atoms with Crippen LogP contribution >= 0.6 is 11.8 Å². The molecule has 0 bridgehead atoms. The number of thioether (sulfide) groups is 1. The van der Waals surface area contributed by atoms with Crippen molar-refractivity contribution in [3.05, 3.63) is 11.6 Å². The molecule has 4 heteroatoms. The van der Waals surface area contributed by atoms with E-state index < -0.39 is 5.60 Å². The zero-order valence-corrected chi connectivity index (χ0v) is 14.1. The van der Waals surface area contributed by atoms with Crippen molar-refractivity contribution in [3.8, 4) is 6.07 Å². The molecule has 80 valence electrons. The summed E-state index contributed by atoms with van der Waals surface area (Å²) < 4.78 is 0. The third-order valence-corrected chi connectivity index (χ3v) is 2.39. The maximum atomic E-state index is 10.1. The van der Waals surface area contributed by atoms with Gasteiger partial charge in [0, 0.05) is 6.08 Å². The summed E-state index contributed by atoms with van der Waals surface area (Å²) in [6.07, 6.45) is 3.94. The van der Waals surface area contributed by atoms with Gasteiger partial charge in [-0.2, -0.15) is 17.0 Å². The molecule has 0 saturated carbocycles. The largest absolute Gasteiger partial charge is 1.00 e. The van der Waals surface area contributed by atoms with Crippen LogP contribution in [0.1, 0.15) is 33.6 Å². The molecule has 0 spiro atoms. The average Bonchev–Trinajstić information content (AvgIpc) is 2.03. The molecule has 1 rings (SSSR count). The average molecular weight is 251 g/mol. The second kappa shape index (κ2) is 10.3. The molecule has 0 aromatic carbocycles. The Morgan fingerprint density at radius 3 is 2.07 bits per heavy atom. The number of allylic oxidation sites excluding steroid dienone is 2. The first-order valence-electron chi connectivity index (χ1n) is 4.79. The van der Waals surface area contributed by atoms with Gasteiger partial charge in [0.1, 0.15) is 0 Å². The van der Waals surface area contributed by atoms with E-state index >= 15 is 0 Å². The van der Waals surface area contributed by atoms with Crippen LogP contribution < -0.4 is 56.5 Å². The van der Waals surface area contributed by atoms with Gasteiger partial charge in [0.25, 0.3) is 0 Å². The van der Waals surface area contributed by atoms with Gasteiger partial charge in [0.2, 0.25) is 0 Å². The fourth-order valence-electron chi connectivity index (χ4n) is 0.869. The van der Waals surface area contributed by atoms with E-state index in [4.69, 9.17) is 5.26 Å². The molecular formula is C11H18KNOS. The summed E-state index contributed by atoms with van der Waals surface area (Å²) in [4.78, 5) is 0. The van der Waals surface area contributed by atoms with Crippen molar-refractivity contribution in [1.82, 2.24) is 0 Å².